The third-order valence-corrected chi connectivity index (χ3v) is 4.51. The number of hydrogen-bond donors (Lipinski definition) is 2. The number of halogens is 1. The lowest BCUT2D eigenvalue weighted by Crippen LogP contribution is -2.39. The van der Waals surface area contributed by atoms with E-state index in [1.54, 1.807) is 0 Å². The van der Waals surface area contributed by atoms with Crippen molar-refractivity contribution in [2.24, 2.45) is 22.7 Å². The first kappa shape index (κ1) is 14.2. The fraction of sp³-hybridized carbons (Fsp3) is 0.500. The molecule has 1 saturated heterocycles. The molecule has 2 rings (SSSR count). The number of nitrogens with zero attached hydrogens (tertiary/aromatic N) is 2. The quantitative estimate of drug-likeness (QED) is 0.380. The third kappa shape index (κ3) is 3.03. The maximum absolute atomic E-state index is 8.93. The van der Waals surface area contributed by atoms with E-state index in [-0.39, 0.29) is 5.84 Å². The van der Waals surface area contributed by atoms with Crippen LogP contribution in [0.4, 0.5) is 5.69 Å². The van der Waals surface area contributed by atoms with Gasteiger partial charge in [0.25, 0.3) is 0 Å². The Morgan fingerprint density at radius 1 is 1.42 bits per heavy atom. The smallest absolute Gasteiger partial charge is 0.172 e. The highest BCUT2D eigenvalue weighted by Crippen LogP contribution is 2.30. The van der Waals surface area contributed by atoms with Gasteiger partial charge >= 0.3 is 0 Å². The molecule has 1 heterocycles. The van der Waals surface area contributed by atoms with Crippen LogP contribution in [0.25, 0.3) is 0 Å². The van der Waals surface area contributed by atoms with Crippen molar-refractivity contribution in [3.8, 4) is 0 Å². The van der Waals surface area contributed by atoms with Crippen LogP contribution in [-0.4, -0.2) is 24.1 Å². The molecule has 1 aliphatic heterocycles. The van der Waals surface area contributed by atoms with E-state index in [1.165, 1.54) is 6.42 Å². The number of anilines is 1. The van der Waals surface area contributed by atoms with E-state index in [4.69, 9.17) is 10.9 Å². The molecule has 1 aliphatic rings. The van der Waals surface area contributed by atoms with Crippen molar-refractivity contribution in [3.63, 3.8) is 0 Å². The molecule has 0 amide bonds. The summed E-state index contributed by atoms with van der Waals surface area (Å²) in [5.74, 6) is 1.55. The van der Waals surface area contributed by atoms with E-state index in [2.05, 4.69) is 39.8 Å². The summed E-state index contributed by atoms with van der Waals surface area (Å²) in [5.41, 5.74) is 7.60. The molecule has 1 aromatic rings. The van der Waals surface area contributed by atoms with Gasteiger partial charge in [-0.15, -0.1) is 0 Å². The molecule has 2 unspecified atom stereocenters. The molecule has 0 aromatic heterocycles. The Morgan fingerprint density at radius 2 is 2.16 bits per heavy atom. The van der Waals surface area contributed by atoms with Crippen molar-refractivity contribution < 1.29 is 5.21 Å². The zero-order valence-corrected chi connectivity index (χ0v) is 12.9. The zero-order valence-electron chi connectivity index (χ0n) is 11.3. The first-order chi connectivity index (χ1) is 9.02. The van der Waals surface area contributed by atoms with Crippen molar-refractivity contribution in [2.45, 2.75) is 20.3 Å². The Hall–Kier alpha value is -1.23. The Balaban J connectivity index is 2.34. The summed E-state index contributed by atoms with van der Waals surface area (Å²) < 4.78 is 0.927. The molecule has 0 radical (unpaired) electrons. The molecule has 104 valence electrons. The van der Waals surface area contributed by atoms with Crippen LogP contribution in [0.15, 0.2) is 27.8 Å². The van der Waals surface area contributed by atoms with Crippen molar-refractivity contribution in [3.05, 3.63) is 28.2 Å². The molecule has 2 atom stereocenters. The lowest BCUT2D eigenvalue weighted by Gasteiger charge is -2.37. The Kier molecular flexibility index (Phi) is 4.34. The van der Waals surface area contributed by atoms with Crippen LogP contribution >= 0.6 is 15.9 Å². The van der Waals surface area contributed by atoms with Gasteiger partial charge in [0.1, 0.15) is 0 Å². The topological polar surface area (TPSA) is 61.8 Å². The Labute approximate surface area is 122 Å². The van der Waals surface area contributed by atoms with Gasteiger partial charge in [-0.3, -0.25) is 0 Å². The van der Waals surface area contributed by atoms with E-state index in [9.17, 15) is 0 Å². The molecule has 5 heteroatoms. The molecule has 3 N–H and O–H groups in total. The van der Waals surface area contributed by atoms with Crippen LogP contribution in [0.5, 0.6) is 0 Å². The largest absolute Gasteiger partial charge is 0.409 e. The van der Waals surface area contributed by atoms with Gasteiger partial charge in [0.2, 0.25) is 0 Å². The number of piperidine rings is 1. The lowest BCUT2D eigenvalue weighted by atomic mass is 9.88. The van der Waals surface area contributed by atoms with Gasteiger partial charge in [-0.25, -0.2) is 0 Å². The highest BCUT2D eigenvalue weighted by Gasteiger charge is 2.24. The highest BCUT2D eigenvalue weighted by atomic mass is 79.9. The fourth-order valence-corrected chi connectivity index (χ4v) is 2.89. The molecule has 19 heavy (non-hydrogen) atoms. The molecular formula is C14H20BrN3O. The summed E-state index contributed by atoms with van der Waals surface area (Å²) in [4.78, 5) is 2.32. The first-order valence-corrected chi connectivity index (χ1v) is 7.34. The highest BCUT2D eigenvalue weighted by molar-refractivity contribution is 9.10. The summed E-state index contributed by atoms with van der Waals surface area (Å²) >= 11 is 3.43. The van der Waals surface area contributed by atoms with Gasteiger partial charge in [-0.1, -0.05) is 34.9 Å². The normalized spacial score (nSPS) is 24.6. The summed E-state index contributed by atoms with van der Waals surface area (Å²) in [7, 11) is 0. The molecule has 0 aliphatic carbocycles. The molecule has 1 aromatic carbocycles. The molecule has 1 fully saturated rings. The van der Waals surface area contributed by atoms with Gasteiger partial charge < -0.3 is 15.8 Å². The molecule has 0 bridgehead atoms. The van der Waals surface area contributed by atoms with E-state index in [0.29, 0.717) is 5.92 Å². The fourth-order valence-electron chi connectivity index (χ4n) is 2.52. The van der Waals surface area contributed by atoms with Crippen LogP contribution < -0.4 is 10.6 Å². The predicted molar refractivity (Wildman–Crippen MR) is 81.8 cm³/mol. The molecule has 4 nitrogen and oxygen atoms in total. The lowest BCUT2D eigenvalue weighted by molar-refractivity contribution is 0.318. The summed E-state index contributed by atoms with van der Waals surface area (Å²) in [5, 5.41) is 12.1. The van der Waals surface area contributed by atoms with Crippen molar-refractivity contribution in [1.29, 1.82) is 0 Å². The van der Waals surface area contributed by atoms with Crippen molar-refractivity contribution >= 4 is 27.5 Å². The zero-order chi connectivity index (χ0) is 14.0. The van der Waals surface area contributed by atoms with Crippen molar-refractivity contribution in [1.82, 2.24) is 0 Å². The number of nitrogens with two attached hydrogens (primary N) is 1. The second-order valence-corrected chi connectivity index (χ2v) is 6.25. The monoisotopic (exact) mass is 325 g/mol. The van der Waals surface area contributed by atoms with E-state index in [0.717, 1.165) is 34.7 Å². The maximum Gasteiger partial charge on any atom is 0.172 e. The first-order valence-electron chi connectivity index (χ1n) is 6.55. The number of hydrogen-bond acceptors (Lipinski definition) is 3. The van der Waals surface area contributed by atoms with Crippen molar-refractivity contribution in [2.75, 3.05) is 18.0 Å². The minimum Gasteiger partial charge on any atom is -0.409 e. The predicted octanol–water partition coefficient (Wildman–Crippen LogP) is 3.03. The second-order valence-electron chi connectivity index (χ2n) is 5.34. The average Bonchev–Trinajstić information content (AvgIpc) is 2.41. The van der Waals surface area contributed by atoms with Gasteiger partial charge in [0.05, 0.1) is 0 Å². The van der Waals surface area contributed by atoms with Gasteiger partial charge in [0, 0.05) is 28.8 Å². The molecular weight excluding hydrogens is 306 g/mol. The molecule has 0 saturated carbocycles. The maximum atomic E-state index is 8.93. The summed E-state index contributed by atoms with van der Waals surface area (Å²) in [6, 6.07) is 5.92. The number of oxime groups is 1. The van der Waals surface area contributed by atoms with E-state index in [1.807, 2.05) is 18.2 Å². The average molecular weight is 326 g/mol. The SMILES string of the molecule is CC1CCN(c2ccc(Br)cc2/C(N)=N/O)CC1C. The molecule has 0 spiro atoms. The summed E-state index contributed by atoms with van der Waals surface area (Å²) in [6.45, 7) is 6.60. The third-order valence-electron chi connectivity index (χ3n) is 4.02. The van der Waals surface area contributed by atoms with E-state index < -0.39 is 0 Å². The van der Waals surface area contributed by atoms with Gasteiger partial charge in [0.15, 0.2) is 5.84 Å². The van der Waals surface area contributed by atoms with Crippen LogP contribution in [0.1, 0.15) is 25.8 Å². The van der Waals surface area contributed by atoms with Gasteiger partial charge in [-0.05, 0) is 36.5 Å². The van der Waals surface area contributed by atoms with Crippen LogP contribution in [0.2, 0.25) is 0 Å². The number of rotatable bonds is 2. The van der Waals surface area contributed by atoms with E-state index >= 15 is 0 Å². The van der Waals surface area contributed by atoms with Crippen LogP contribution in [-0.2, 0) is 0 Å². The standard InChI is InChI=1S/C14H20BrN3O/c1-9-5-6-18(8-10(9)2)13-4-3-11(15)7-12(13)14(16)17-19/h3-4,7,9-10,19H,5-6,8H2,1-2H3,(H2,16,17). The Morgan fingerprint density at radius 3 is 2.79 bits per heavy atom. The second kappa shape index (κ2) is 5.82. The number of amidine groups is 1. The number of benzene rings is 1. The van der Waals surface area contributed by atoms with Crippen LogP contribution in [0, 0.1) is 11.8 Å². The summed E-state index contributed by atoms with van der Waals surface area (Å²) in [6.07, 6.45) is 1.17. The minimum absolute atomic E-state index is 0.155. The van der Waals surface area contributed by atoms with Gasteiger partial charge in [-0.2, -0.15) is 0 Å². The minimum atomic E-state index is 0.155. The Bertz CT molecular complexity index is 490. The van der Waals surface area contributed by atoms with Crippen LogP contribution in [0.3, 0.4) is 0 Å².